The standard InChI is InChI=1S/C13H18N6O3S/c1-14-23(21,22)12-6-4-5-10(7-12)15-13(20)18(2)8-11-9-19(3)17-16-11/h4-7,9,14H,8H2,1-3H3,(H,15,20). The van der Waals surface area contributed by atoms with Crippen molar-refractivity contribution >= 4 is 21.7 Å². The highest BCUT2D eigenvalue weighted by Gasteiger charge is 2.14. The molecule has 2 rings (SSSR count). The summed E-state index contributed by atoms with van der Waals surface area (Å²) in [5.41, 5.74) is 1.04. The van der Waals surface area contributed by atoms with Crippen molar-refractivity contribution in [2.75, 3.05) is 19.4 Å². The minimum Gasteiger partial charge on any atom is -0.322 e. The minimum absolute atomic E-state index is 0.0781. The monoisotopic (exact) mass is 338 g/mol. The number of rotatable bonds is 5. The number of urea groups is 1. The largest absolute Gasteiger partial charge is 0.322 e. The van der Waals surface area contributed by atoms with Gasteiger partial charge in [-0.2, -0.15) is 0 Å². The van der Waals surface area contributed by atoms with Gasteiger partial charge >= 0.3 is 6.03 Å². The molecule has 0 unspecified atom stereocenters. The number of hydrogen-bond donors (Lipinski definition) is 2. The normalized spacial score (nSPS) is 11.3. The summed E-state index contributed by atoms with van der Waals surface area (Å²) in [4.78, 5) is 13.6. The molecular weight excluding hydrogens is 320 g/mol. The van der Waals surface area contributed by atoms with Gasteiger partial charge in [0.15, 0.2) is 0 Å². The lowest BCUT2D eigenvalue weighted by Crippen LogP contribution is -2.31. The van der Waals surface area contributed by atoms with Gasteiger partial charge in [-0.25, -0.2) is 17.9 Å². The third kappa shape index (κ3) is 4.27. The minimum atomic E-state index is -3.56. The van der Waals surface area contributed by atoms with E-state index in [0.717, 1.165) is 0 Å². The Hall–Kier alpha value is -2.46. The van der Waals surface area contributed by atoms with Gasteiger partial charge in [-0.1, -0.05) is 11.3 Å². The molecule has 2 aromatic rings. The van der Waals surface area contributed by atoms with E-state index >= 15 is 0 Å². The maximum atomic E-state index is 12.1. The van der Waals surface area contributed by atoms with Gasteiger partial charge in [-0.15, -0.1) is 5.10 Å². The van der Waals surface area contributed by atoms with E-state index < -0.39 is 10.0 Å². The molecule has 124 valence electrons. The van der Waals surface area contributed by atoms with Crippen LogP contribution < -0.4 is 10.0 Å². The number of anilines is 1. The van der Waals surface area contributed by atoms with Gasteiger partial charge in [-0.3, -0.25) is 4.68 Å². The zero-order chi connectivity index (χ0) is 17.0. The predicted molar refractivity (Wildman–Crippen MR) is 84.2 cm³/mol. The molecule has 0 aliphatic heterocycles. The summed E-state index contributed by atoms with van der Waals surface area (Å²) in [6, 6.07) is 5.63. The van der Waals surface area contributed by atoms with Crippen LogP contribution in [0.3, 0.4) is 0 Å². The third-order valence-corrected chi connectivity index (χ3v) is 4.47. The lowest BCUT2D eigenvalue weighted by atomic mass is 10.3. The molecule has 0 atom stereocenters. The molecule has 0 saturated heterocycles. The van der Waals surface area contributed by atoms with Crippen LogP contribution in [0.1, 0.15) is 5.69 Å². The van der Waals surface area contributed by atoms with Gasteiger partial charge in [-0.05, 0) is 25.2 Å². The van der Waals surface area contributed by atoms with Crippen molar-refractivity contribution in [1.29, 1.82) is 0 Å². The Bertz CT molecular complexity index is 802. The van der Waals surface area contributed by atoms with Crippen LogP contribution in [0.5, 0.6) is 0 Å². The van der Waals surface area contributed by atoms with Crippen molar-refractivity contribution in [1.82, 2.24) is 24.6 Å². The number of benzene rings is 1. The topological polar surface area (TPSA) is 109 Å². The first-order valence-electron chi connectivity index (χ1n) is 6.73. The fourth-order valence-electron chi connectivity index (χ4n) is 1.86. The molecule has 0 spiro atoms. The fourth-order valence-corrected chi connectivity index (χ4v) is 2.64. The fraction of sp³-hybridized carbons (Fsp3) is 0.308. The van der Waals surface area contributed by atoms with Crippen LogP contribution in [-0.4, -0.2) is 48.4 Å². The number of nitrogens with one attached hydrogen (secondary N) is 2. The highest BCUT2D eigenvalue weighted by molar-refractivity contribution is 7.89. The first-order chi connectivity index (χ1) is 10.8. The van der Waals surface area contributed by atoms with Gasteiger partial charge in [0.05, 0.1) is 11.4 Å². The Kier molecular flexibility index (Phi) is 4.96. The molecule has 0 bridgehead atoms. The number of hydrogen-bond acceptors (Lipinski definition) is 5. The first-order valence-corrected chi connectivity index (χ1v) is 8.21. The Morgan fingerprint density at radius 1 is 1.39 bits per heavy atom. The molecule has 2 N–H and O–H groups in total. The van der Waals surface area contributed by atoms with E-state index in [4.69, 9.17) is 0 Å². The maximum Gasteiger partial charge on any atom is 0.321 e. The molecule has 1 aromatic heterocycles. The Morgan fingerprint density at radius 3 is 2.74 bits per heavy atom. The molecule has 1 heterocycles. The van der Waals surface area contributed by atoms with E-state index in [1.165, 1.54) is 24.1 Å². The Balaban J connectivity index is 2.06. The second-order valence-electron chi connectivity index (χ2n) is 4.91. The van der Waals surface area contributed by atoms with Crippen LogP contribution in [0, 0.1) is 0 Å². The Labute approximate surface area is 134 Å². The van der Waals surface area contributed by atoms with E-state index in [9.17, 15) is 13.2 Å². The van der Waals surface area contributed by atoms with Crippen molar-refractivity contribution in [3.05, 3.63) is 36.2 Å². The zero-order valence-corrected chi connectivity index (χ0v) is 13.8. The summed E-state index contributed by atoms with van der Waals surface area (Å²) in [5, 5.41) is 10.3. The summed E-state index contributed by atoms with van der Waals surface area (Å²) >= 11 is 0. The molecule has 23 heavy (non-hydrogen) atoms. The number of amides is 2. The highest BCUT2D eigenvalue weighted by Crippen LogP contribution is 2.15. The smallest absolute Gasteiger partial charge is 0.321 e. The first kappa shape index (κ1) is 16.9. The van der Waals surface area contributed by atoms with E-state index in [1.54, 1.807) is 37.1 Å². The van der Waals surface area contributed by atoms with Gasteiger partial charge in [0.1, 0.15) is 5.69 Å². The second kappa shape index (κ2) is 6.75. The molecule has 0 radical (unpaired) electrons. The van der Waals surface area contributed by atoms with Gasteiger partial charge in [0.25, 0.3) is 0 Å². The molecule has 2 amide bonds. The summed E-state index contributed by atoms with van der Waals surface area (Å²) in [6.45, 7) is 0.286. The average Bonchev–Trinajstić information content (AvgIpc) is 2.92. The summed E-state index contributed by atoms with van der Waals surface area (Å²) in [5.74, 6) is 0. The van der Waals surface area contributed by atoms with Crippen molar-refractivity contribution in [3.63, 3.8) is 0 Å². The number of aryl methyl sites for hydroxylation is 1. The van der Waals surface area contributed by atoms with Crippen LogP contribution in [-0.2, 0) is 23.6 Å². The van der Waals surface area contributed by atoms with Crippen LogP contribution in [0.4, 0.5) is 10.5 Å². The quantitative estimate of drug-likeness (QED) is 0.819. The number of carbonyl (C=O) groups excluding carboxylic acids is 1. The molecule has 1 aromatic carbocycles. The Morgan fingerprint density at radius 2 is 2.13 bits per heavy atom. The molecular formula is C13H18N6O3S. The molecule has 0 aliphatic rings. The molecule has 0 fully saturated rings. The third-order valence-electron chi connectivity index (χ3n) is 3.06. The van der Waals surface area contributed by atoms with Gasteiger partial charge < -0.3 is 10.2 Å². The van der Waals surface area contributed by atoms with Gasteiger partial charge in [0, 0.05) is 26.0 Å². The highest BCUT2D eigenvalue weighted by atomic mass is 32.2. The van der Waals surface area contributed by atoms with Crippen molar-refractivity contribution in [2.45, 2.75) is 11.4 Å². The lowest BCUT2D eigenvalue weighted by molar-refractivity contribution is 0.220. The molecule has 10 heteroatoms. The number of sulfonamides is 1. The van der Waals surface area contributed by atoms with Crippen molar-refractivity contribution in [2.24, 2.45) is 7.05 Å². The molecule has 0 saturated carbocycles. The van der Waals surface area contributed by atoms with Crippen molar-refractivity contribution in [3.8, 4) is 0 Å². The number of carbonyl (C=O) groups is 1. The zero-order valence-electron chi connectivity index (χ0n) is 13.0. The molecule has 0 aliphatic carbocycles. The SMILES string of the molecule is CNS(=O)(=O)c1cccc(NC(=O)N(C)Cc2cn(C)nn2)c1. The average molecular weight is 338 g/mol. The van der Waals surface area contributed by atoms with E-state index in [0.29, 0.717) is 11.4 Å². The molecule has 9 nitrogen and oxygen atoms in total. The van der Waals surface area contributed by atoms with E-state index in [2.05, 4.69) is 20.4 Å². The van der Waals surface area contributed by atoms with Crippen LogP contribution in [0.15, 0.2) is 35.4 Å². The van der Waals surface area contributed by atoms with E-state index in [-0.39, 0.29) is 17.5 Å². The number of nitrogens with zero attached hydrogens (tertiary/aromatic N) is 4. The summed E-state index contributed by atoms with van der Waals surface area (Å²) in [6.07, 6.45) is 1.71. The predicted octanol–water partition coefficient (Wildman–Crippen LogP) is 0.387. The van der Waals surface area contributed by atoms with Crippen LogP contribution in [0.25, 0.3) is 0 Å². The van der Waals surface area contributed by atoms with E-state index in [1.807, 2.05) is 0 Å². The second-order valence-corrected chi connectivity index (χ2v) is 6.79. The summed E-state index contributed by atoms with van der Waals surface area (Å²) in [7, 11) is 1.12. The van der Waals surface area contributed by atoms with Crippen LogP contribution in [0.2, 0.25) is 0 Å². The van der Waals surface area contributed by atoms with Crippen molar-refractivity contribution < 1.29 is 13.2 Å². The van der Waals surface area contributed by atoms with Crippen LogP contribution >= 0.6 is 0 Å². The lowest BCUT2D eigenvalue weighted by Gasteiger charge is -2.17. The summed E-state index contributed by atoms with van der Waals surface area (Å²) < 4.78 is 27.3. The number of aromatic nitrogens is 3. The maximum absolute atomic E-state index is 12.1. The van der Waals surface area contributed by atoms with Gasteiger partial charge in [0.2, 0.25) is 10.0 Å².